The maximum absolute atomic E-state index is 12.3. The zero-order valence-electron chi connectivity index (χ0n) is 10.7. The van der Waals surface area contributed by atoms with Gasteiger partial charge in [0.2, 0.25) is 0 Å². The lowest BCUT2D eigenvalue weighted by Gasteiger charge is -2.17. The molecule has 1 aromatic heterocycles. The highest BCUT2D eigenvalue weighted by Gasteiger charge is 2.29. The molecule has 0 aliphatic carbocycles. The maximum atomic E-state index is 12.3. The summed E-state index contributed by atoms with van der Waals surface area (Å²) in [5, 5.41) is 8.77. The van der Waals surface area contributed by atoms with E-state index in [1.807, 2.05) is 0 Å². The van der Waals surface area contributed by atoms with E-state index in [1.165, 1.54) is 13.3 Å². The van der Waals surface area contributed by atoms with E-state index in [1.54, 1.807) is 17.2 Å². The Morgan fingerprint density at radius 1 is 1.58 bits per heavy atom. The fraction of sp³-hybridized carbons (Fsp3) is 0.462. The standard InChI is InChI=1S/C13H16N2O4/c1-19-11-7-14-4-2-10(11)13(18)15-5-3-9(8-15)6-12(16)17/h2,4,7,9H,3,5-6,8H2,1H3,(H,16,17). The van der Waals surface area contributed by atoms with Crippen LogP contribution in [0.4, 0.5) is 0 Å². The Kier molecular flexibility index (Phi) is 3.99. The van der Waals surface area contributed by atoms with Gasteiger partial charge >= 0.3 is 5.97 Å². The summed E-state index contributed by atoms with van der Waals surface area (Å²) in [6.07, 6.45) is 3.88. The van der Waals surface area contributed by atoms with Gasteiger partial charge in [0.1, 0.15) is 5.75 Å². The van der Waals surface area contributed by atoms with Crippen molar-refractivity contribution in [2.75, 3.05) is 20.2 Å². The van der Waals surface area contributed by atoms with Gasteiger partial charge in [-0.2, -0.15) is 0 Å². The molecule has 1 N–H and O–H groups in total. The number of pyridine rings is 1. The molecule has 0 aromatic carbocycles. The van der Waals surface area contributed by atoms with Crippen molar-refractivity contribution in [2.45, 2.75) is 12.8 Å². The van der Waals surface area contributed by atoms with Gasteiger partial charge in [-0.05, 0) is 18.4 Å². The van der Waals surface area contributed by atoms with Gasteiger partial charge in [-0.1, -0.05) is 0 Å². The van der Waals surface area contributed by atoms with Crippen LogP contribution >= 0.6 is 0 Å². The van der Waals surface area contributed by atoms with Gasteiger partial charge in [0, 0.05) is 25.7 Å². The molecule has 19 heavy (non-hydrogen) atoms. The molecule has 0 spiro atoms. The van der Waals surface area contributed by atoms with Crippen LogP contribution in [-0.4, -0.2) is 47.1 Å². The Labute approximate surface area is 111 Å². The summed E-state index contributed by atoms with van der Waals surface area (Å²) in [7, 11) is 1.49. The minimum atomic E-state index is -0.819. The molecule has 1 saturated heterocycles. The molecule has 0 saturated carbocycles. The molecule has 2 heterocycles. The normalized spacial score (nSPS) is 18.4. The average molecular weight is 264 g/mol. The van der Waals surface area contributed by atoms with E-state index in [0.717, 1.165) is 6.42 Å². The first kappa shape index (κ1) is 13.3. The third-order valence-electron chi connectivity index (χ3n) is 3.27. The Balaban J connectivity index is 2.07. The van der Waals surface area contributed by atoms with Crippen molar-refractivity contribution < 1.29 is 19.4 Å². The number of methoxy groups -OCH3 is 1. The number of rotatable bonds is 4. The Morgan fingerprint density at radius 2 is 2.37 bits per heavy atom. The number of ether oxygens (including phenoxy) is 1. The van der Waals surface area contributed by atoms with Gasteiger partial charge in [0.15, 0.2) is 0 Å². The largest absolute Gasteiger partial charge is 0.494 e. The molecule has 0 radical (unpaired) electrons. The Bertz CT molecular complexity index is 489. The number of hydrogen-bond acceptors (Lipinski definition) is 4. The van der Waals surface area contributed by atoms with Gasteiger partial charge < -0.3 is 14.7 Å². The number of carboxylic acids is 1. The van der Waals surface area contributed by atoms with Crippen LogP contribution < -0.4 is 4.74 Å². The molecule has 6 heteroatoms. The molecule has 1 atom stereocenters. The monoisotopic (exact) mass is 264 g/mol. The van der Waals surface area contributed by atoms with Crippen LogP contribution in [0.2, 0.25) is 0 Å². The van der Waals surface area contributed by atoms with Crippen molar-refractivity contribution in [1.82, 2.24) is 9.88 Å². The first-order valence-electron chi connectivity index (χ1n) is 6.11. The zero-order valence-corrected chi connectivity index (χ0v) is 10.7. The summed E-state index contributed by atoms with van der Waals surface area (Å²) < 4.78 is 5.11. The smallest absolute Gasteiger partial charge is 0.303 e. The first-order valence-corrected chi connectivity index (χ1v) is 6.11. The zero-order chi connectivity index (χ0) is 13.8. The number of aromatic nitrogens is 1. The topological polar surface area (TPSA) is 79.7 Å². The fourth-order valence-corrected chi connectivity index (χ4v) is 2.32. The molecule has 0 bridgehead atoms. The summed E-state index contributed by atoms with van der Waals surface area (Å²) in [6.45, 7) is 1.07. The number of hydrogen-bond donors (Lipinski definition) is 1. The number of nitrogens with zero attached hydrogens (tertiary/aromatic N) is 2. The van der Waals surface area contributed by atoms with Gasteiger partial charge in [-0.25, -0.2) is 0 Å². The third-order valence-corrected chi connectivity index (χ3v) is 3.27. The van der Waals surface area contributed by atoms with Crippen molar-refractivity contribution in [1.29, 1.82) is 0 Å². The van der Waals surface area contributed by atoms with Crippen LogP contribution in [0, 0.1) is 5.92 Å². The summed E-state index contributed by atoms with van der Waals surface area (Å²) in [6, 6.07) is 1.62. The summed E-state index contributed by atoms with van der Waals surface area (Å²) in [5.41, 5.74) is 0.466. The molecular weight excluding hydrogens is 248 g/mol. The number of amides is 1. The highest BCUT2D eigenvalue weighted by molar-refractivity contribution is 5.96. The van der Waals surface area contributed by atoms with Crippen LogP contribution in [0.25, 0.3) is 0 Å². The van der Waals surface area contributed by atoms with E-state index < -0.39 is 5.97 Å². The first-order chi connectivity index (χ1) is 9.11. The minimum absolute atomic E-state index is 0.0364. The van der Waals surface area contributed by atoms with Crippen molar-refractivity contribution >= 4 is 11.9 Å². The van der Waals surface area contributed by atoms with Crippen molar-refractivity contribution in [3.8, 4) is 5.75 Å². The molecule has 1 aliphatic heterocycles. The van der Waals surface area contributed by atoms with E-state index in [0.29, 0.717) is 24.4 Å². The number of carboxylic acid groups (broad SMARTS) is 1. The molecule has 102 valence electrons. The minimum Gasteiger partial charge on any atom is -0.494 e. The number of aliphatic carboxylic acids is 1. The van der Waals surface area contributed by atoms with Gasteiger partial charge in [-0.3, -0.25) is 14.6 Å². The quantitative estimate of drug-likeness (QED) is 0.878. The molecule has 1 aliphatic rings. The SMILES string of the molecule is COc1cnccc1C(=O)N1CCC(CC(=O)O)C1. The summed E-state index contributed by atoms with van der Waals surface area (Å²) in [4.78, 5) is 28.6. The maximum Gasteiger partial charge on any atom is 0.303 e. The lowest BCUT2D eigenvalue weighted by Crippen LogP contribution is -2.29. The number of carbonyl (C=O) groups is 2. The van der Waals surface area contributed by atoms with E-state index >= 15 is 0 Å². The van der Waals surface area contributed by atoms with Crippen LogP contribution in [0.5, 0.6) is 5.75 Å². The van der Waals surface area contributed by atoms with Gasteiger partial charge in [0.25, 0.3) is 5.91 Å². The van der Waals surface area contributed by atoms with E-state index in [4.69, 9.17) is 9.84 Å². The van der Waals surface area contributed by atoms with E-state index in [2.05, 4.69) is 4.98 Å². The van der Waals surface area contributed by atoms with E-state index in [9.17, 15) is 9.59 Å². The van der Waals surface area contributed by atoms with Crippen LogP contribution in [0.15, 0.2) is 18.5 Å². The van der Waals surface area contributed by atoms with Crippen molar-refractivity contribution in [3.63, 3.8) is 0 Å². The number of carbonyl (C=O) groups excluding carboxylic acids is 1. The fourth-order valence-electron chi connectivity index (χ4n) is 2.32. The van der Waals surface area contributed by atoms with E-state index in [-0.39, 0.29) is 18.2 Å². The number of likely N-dealkylation sites (tertiary alicyclic amines) is 1. The van der Waals surface area contributed by atoms with Crippen LogP contribution in [-0.2, 0) is 4.79 Å². The molecule has 1 aromatic rings. The van der Waals surface area contributed by atoms with Gasteiger partial charge in [-0.15, -0.1) is 0 Å². The molecule has 2 rings (SSSR count). The van der Waals surface area contributed by atoms with Crippen LogP contribution in [0.3, 0.4) is 0 Å². The molecular formula is C13H16N2O4. The van der Waals surface area contributed by atoms with Crippen molar-refractivity contribution in [3.05, 3.63) is 24.0 Å². The molecule has 1 amide bonds. The van der Waals surface area contributed by atoms with Crippen molar-refractivity contribution in [2.24, 2.45) is 5.92 Å². The predicted molar refractivity (Wildman–Crippen MR) is 67.1 cm³/mol. The van der Waals surface area contributed by atoms with Gasteiger partial charge in [0.05, 0.1) is 18.9 Å². The summed E-state index contributed by atoms with van der Waals surface area (Å²) >= 11 is 0. The second-order valence-corrected chi connectivity index (χ2v) is 4.58. The third kappa shape index (κ3) is 3.01. The summed E-state index contributed by atoms with van der Waals surface area (Å²) in [5.74, 6) is -0.476. The lowest BCUT2D eigenvalue weighted by atomic mass is 10.1. The average Bonchev–Trinajstić information content (AvgIpc) is 2.85. The molecule has 6 nitrogen and oxygen atoms in total. The van der Waals surface area contributed by atoms with Crippen LogP contribution in [0.1, 0.15) is 23.2 Å². The molecule has 1 unspecified atom stereocenters. The second-order valence-electron chi connectivity index (χ2n) is 4.58. The highest BCUT2D eigenvalue weighted by atomic mass is 16.5. The highest BCUT2D eigenvalue weighted by Crippen LogP contribution is 2.24. The molecule has 1 fully saturated rings. The lowest BCUT2D eigenvalue weighted by molar-refractivity contribution is -0.138. The second kappa shape index (κ2) is 5.69. The predicted octanol–water partition coefficient (Wildman–Crippen LogP) is 1.03. The Hall–Kier alpha value is -2.11. The Morgan fingerprint density at radius 3 is 3.05 bits per heavy atom.